The van der Waals surface area contributed by atoms with Crippen LogP contribution in [-0.2, 0) is 21.5 Å². The van der Waals surface area contributed by atoms with Crippen molar-refractivity contribution in [2.75, 3.05) is 20.3 Å². The summed E-state index contributed by atoms with van der Waals surface area (Å²) >= 11 is 0. The lowest BCUT2D eigenvalue weighted by molar-refractivity contribution is -0.143. The summed E-state index contributed by atoms with van der Waals surface area (Å²) in [6, 6.07) is 14.7. The zero-order valence-corrected chi connectivity index (χ0v) is 20.8. The zero-order chi connectivity index (χ0) is 24.4. The Labute approximate surface area is 198 Å². The van der Waals surface area contributed by atoms with E-state index in [0.29, 0.717) is 31.0 Å². The molecular formula is C27H38N2O4. The SMILES string of the molecule is CCCNC(=O)[C@H](CC)N(Cc1cccc(OC)c1)C(=O)COc1ccccc1C(C)(C)C. The molecule has 0 saturated carbocycles. The standard InChI is InChI=1S/C27H38N2O4/c1-7-16-28-26(31)23(8-2)29(18-20-12-11-13-21(17-20)32-6)25(30)19-33-24-15-10-9-14-22(24)27(3,4)5/h9-15,17,23H,7-8,16,18-19H2,1-6H3,(H,28,31)/t23-/m0/s1. The van der Waals surface area contributed by atoms with Crippen LogP contribution in [0.4, 0.5) is 0 Å². The molecule has 0 spiro atoms. The van der Waals surface area contributed by atoms with Crippen molar-refractivity contribution in [2.24, 2.45) is 0 Å². The highest BCUT2D eigenvalue weighted by Gasteiger charge is 2.29. The van der Waals surface area contributed by atoms with Crippen molar-refractivity contribution < 1.29 is 19.1 Å². The van der Waals surface area contributed by atoms with Gasteiger partial charge in [-0.1, -0.05) is 65.0 Å². The van der Waals surface area contributed by atoms with E-state index < -0.39 is 6.04 Å². The second kappa shape index (κ2) is 12.3. The molecule has 0 aromatic heterocycles. The summed E-state index contributed by atoms with van der Waals surface area (Å²) in [5.41, 5.74) is 1.80. The molecule has 2 aromatic carbocycles. The molecule has 0 aliphatic carbocycles. The van der Waals surface area contributed by atoms with E-state index in [1.165, 1.54) is 0 Å². The summed E-state index contributed by atoms with van der Waals surface area (Å²) < 4.78 is 11.3. The Morgan fingerprint density at radius 2 is 1.79 bits per heavy atom. The number of nitrogens with one attached hydrogen (secondary N) is 1. The number of benzene rings is 2. The molecular weight excluding hydrogens is 416 g/mol. The van der Waals surface area contributed by atoms with Gasteiger partial charge >= 0.3 is 0 Å². The molecule has 0 fully saturated rings. The third-order valence-corrected chi connectivity index (χ3v) is 5.47. The summed E-state index contributed by atoms with van der Waals surface area (Å²) in [6.07, 6.45) is 1.34. The van der Waals surface area contributed by atoms with Gasteiger partial charge in [-0.2, -0.15) is 0 Å². The van der Waals surface area contributed by atoms with Crippen molar-refractivity contribution in [2.45, 2.75) is 65.5 Å². The van der Waals surface area contributed by atoms with Gasteiger partial charge in [0.15, 0.2) is 6.61 Å². The Kier molecular flexibility index (Phi) is 9.76. The van der Waals surface area contributed by atoms with Gasteiger partial charge in [0.2, 0.25) is 5.91 Å². The molecule has 2 rings (SSSR count). The van der Waals surface area contributed by atoms with E-state index in [9.17, 15) is 9.59 Å². The average Bonchev–Trinajstić information content (AvgIpc) is 2.80. The summed E-state index contributed by atoms with van der Waals surface area (Å²) in [5, 5.41) is 2.93. The van der Waals surface area contributed by atoms with Gasteiger partial charge in [0, 0.05) is 13.1 Å². The monoisotopic (exact) mass is 454 g/mol. The van der Waals surface area contributed by atoms with Crippen molar-refractivity contribution in [3.8, 4) is 11.5 Å². The molecule has 0 unspecified atom stereocenters. The van der Waals surface area contributed by atoms with Crippen LogP contribution in [-0.4, -0.2) is 43.0 Å². The predicted octanol–water partition coefficient (Wildman–Crippen LogP) is 4.71. The number of ether oxygens (including phenoxy) is 2. The van der Waals surface area contributed by atoms with Gasteiger partial charge in [0.1, 0.15) is 17.5 Å². The van der Waals surface area contributed by atoms with E-state index in [2.05, 4.69) is 26.1 Å². The van der Waals surface area contributed by atoms with Gasteiger partial charge < -0.3 is 19.7 Å². The minimum Gasteiger partial charge on any atom is -0.497 e. The molecule has 6 nitrogen and oxygen atoms in total. The third kappa shape index (κ3) is 7.52. The van der Waals surface area contributed by atoms with Crippen molar-refractivity contribution in [1.29, 1.82) is 0 Å². The van der Waals surface area contributed by atoms with Crippen LogP contribution in [0, 0.1) is 0 Å². The first-order chi connectivity index (χ1) is 15.7. The molecule has 1 atom stereocenters. The maximum absolute atomic E-state index is 13.4. The van der Waals surface area contributed by atoms with Crippen LogP contribution in [0.3, 0.4) is 0 Å². The fourth-order valence-corrected chi connectivity index (χ4v) is 3.69. The Morgan fingerprint density at radius 3 is 2.42 bits per heavy atom. The summed E-state index contributed by atoms with van der Waals surface area (Å²) in [4.78, 5) is 27.9. The van der Waals surface area contributed by atoms with E-state index >= 15 is 0 Å². The lowest BCUT2D eigenvalue weighted by Gasteiger charge is -2.31. The van der Waals surface area contributed by atoms with Crippen LogP contribution in [0.2, 0.25) is 0 Å². The number of para-hydroxylation sites is 1. The molecule has 6 heteroatoms. The normalized spacial score (nSPS) is 12.1. The van der Waals surface area contributed by atoms with Gasteiger partial charge in [-0.05, 0) is 47.6 Å². The minimum absolute atomic E-state index is 0.119. The van der Waals surface area contributed by atoms with E-state index in [0.717, 1.165) is 17.5 Å². The first-order valence-electron chi connectivity index (χ1n) is 11.6. The number of nitrogens with zero attached hydrogens (tertiary/aromatic N) is 1. The maximum atomic E-state index is 13.4. The molecule has 0 radical (unpaired) electrons. The number of amides is 2. The molecule has 0 heterocycles. The highest BCUT2D eigenvalue weighted by atomic mass is 16.5. The smallest absolute Gasteiger partial charge is 0.261 e. The number of carbonyl (C=O) groups is 2. The fourth-order valence-electron chi connectivity index (χ4n) is 3.69. The van der Waals surface area contributed by atoms with E-state index in [1.807, 2.05) is 62.4 Å². The first kappa shape index (κ1) is 26.2. The molecule has 0 aliphatic heterocycles. The maximum Gasteiger partial charge on any atom is 0.261 e. The second-order valence-electron chi connectivity index (χ2n) is 9.12. The van der Waals surface area contributed by atoms with Crippen LogP contribution >= 0.6 is 0 Å². The van der Waals surface area contributed by atoms with Crippen LogP contribution in [0.25, 0.3) is 0 Å². The molecule has 1 N–H and O–H groups in total. The minimum atomic E-state index is -0.586. The van der Waals surface area contributed by atoms with Gasteiger partial charge in [-0.25, -0.2) is 0 Å². The molecule has 0 bridgehead atoms. The van der Waals surface area contributed by atoms with Gasteiger partial charge in [0.05, 0.1) is 7.11 Å². The van der Waals surface area contributed by atoms with Crippen LogP contribution < -0.4 is 14.8 Å². The quantitative estimate of drug-likeness (QED) is 0.534. The molecule has 0 saturated heterocycles. The van der Waals surface area contributed by atoms with Crippen molar-refractivity contribution in [3.63, 3.8) is 0 Å². The van der Waals surface area contributed by atoms with Gasteiger partial charge in [0.25, 0.3) is 5.91 Å². The highest BCUT2D eigenvalue weighted by molar-refractivity contribution is 5.88. The lowest BCUT2D eigenvalue weighted by Crippen LogP contribution is -2.50. The highest BCUT2D eigenvalue weighted by Crippen LogP contribution is 2.31. The third-order valence-electron chi connectivity index (χ3n) is 5.47. The zero-order valence-electron chi connectivity index (χ0n) is 20.8. The average molecular weight is 455 g/mol. The topological polar surface area (TPSA) is 67.9 Å². The van der Waals surface area contributed by atoms with Gasteiger partial charge in [-0.3, -0.25) is 9.59 Å². The van der Waals surface area contributed by atoms with E-state index in [4.69, 9.17) is 9.47 Å². The lowest BCUT2D eigenvalue weighted by atomic mass is 9.86. The van der Waals surface area contributed by atoms with E-state index in [1.54, 1.807) is 12.0 Å². The Balaban J connectivity index is 2.28. The number of rotatable bonds is 11. The molecule has 180 valence electrons. The second-order valence-corrected chi connectivity index (χ2v) is 9.12. The Morgan fingerprint density at radius 1 is 1.06 bits per heavy atom. The predicted molar refractivity (Wildman–Crippen MR) is 132 cm³/mol. The summed E-state index contributed by atoms with van der Waals surface area (Å²) in [6.45, 7) is 11.0. The first-order valence-corrected chi connectivity index (χ1v) is 11.6. The van der Waals surface area contributed by atoms with E-state index in [-0.39, 0.29) is 23.8 Å². The summed E-state index contributed by atoms with van der Waals surface area (Å²) in [7, 11) is 1.61. The van der Waals surface area contributed by atoms with Crippen LogP contribution in [0.1, 0.15) is 58.6 Å². The molecule has 33 heavy (non-hydrogen) atoms. The Bertz CT molecular complexity index is 920. The number of hydrogen-bond donors (Lipinski definition) is 1. The molecule has 2 aromatic rings. The molecule has 2 amide bonds. The molecule has 0 aliphatic rings. The van der Waals surface area contributed by atoms with Crippen molar-refractivity contribution in [1.82, 2.24) is 10.2 Å². The Hall–Kier alpha value is -3.02. The van der Waals surface area contributed by atoms with Crippen molar-refractivity contribution >= 4 is 11.8 Å². The van der Waals surface area contributed by atoms with Gasteiger partial charge in [-0.15, -0.1) is 0 Å². The van der Waals surface area contributed by atoms with Crippen molar-refractivity contribution in [3.05, 3.63) is 59.7 Å². The fraction of sp³-hybridized carbons (Fsp3) is 0.481. The largest absolute Gasteiger partial charge is 0.497 e. The number of hydrogen-bond acceptors (Lipinski definition) is 4. The number of methoxy groups -OCH3 is 1. The summed E-state index contributed by atoms with van der Waals surface area (Å²) in [5.74, 6) is 1.01. The van der Waals surface area contributed by atoms with Crippen LogP contribution in [0.15, 0.2) is 48.5 Å². The number of carbonyl (C=O) groups excluding carboxylic acids is 2. The van der Waals surface area contributed by atoms with Crippen LogP contribution in [0.5, 0.6) is 11.5 Å².